The van der Waals surface area contributed by atoms with Gasteiger partial charge in [0.25, 0.3) is 5.89 Å². The van der Waals surface area contributed by atoms with Gasteiger partial charge in [-0.25, -0.2) is 9.78 Å². The van der Waals surface area contributed by atoms with Crippen molar-refractivity contribution >= 4 is 28.7 Å². The van der Waals surface area contributed by atoms with Gasteiger partial charge in [0.1, 0.15) is 5.52 Å². The molecular weight excluding hydrogens is 394 g/mol. The van der Waals surface area contributed by atoms with Crippen LogP contribution in [0.2, 0.25) is 0 Å². The number of anilines is 1. The second kappa shape index (κ2) is 6.62. The van der Waals surface area contributed by atoms with Crippen LogP contribution >= 0.6 is 0 Å². The third-order valence-corrected chi connectivity index (χ3v) is 5.75. The number of carboxylic acid groups (broad SMARTS) is 1. The first-order valence-electron chi connectivity index (χ1n) is 9.52. The fourth-order valence-electron chi connectivity index (χ4n) is 4.40. The maximum atomic E-state index is 15.3. The number of nitrogens with zero attached hydrogens (tertiary/aromatic N) is 2. The monoisotopic (exact) mass is 414 g/mol. The second-order valence-electron chi connectivity index (χ2n) is 7.71. The number of carbonyl (C=O) groups is 2. The van der Waals surface area contributed by atoms with Gasteiger partial charge in [-0.2, -0.15) is 8.78 Å². The zero-order chi connectivity index (χ0) is 21.8. The van der Waals surface area contributed by atoms with Gasteiger partial charge in [0.05, 0.1) is 11.0 Å². The minimum atomic E-state index is -3.55. The summed E-state index contributed by atoms with van der Waals surface area (Å²) in [6.07, 6.45) is -0.602. The Bertz CT molecular complexity index is 1150. The Hall–Kier alpha value is -3.29. The van der Waals surface area contributed by atoms with Gasteiger partial charge in [-0.1, -0.05) is 19.1 Å². The van der Waals surface area contributed by atoms with E-state index in [2.05, 4.69) is 4.98 Å². The molecule has 2 aromatic carbocycles. The minimum absolute atomic E-state index is 0.00996. The van der Waals surface area contributed by atoms with E-state index in [-0.39, 0.29) is 17.6 Å². The molecule has 4 rings (SSSR count). The first-order chi connectivity index (χ1) is 14.1. The molecular formula is C22H20F2N2O4. The Morgan fingerprint density at radius 2 is 1.97 bits per heavy atom. The quantitative estimate of drug-likeness (QED) is 0.664. The normalized spacial score (nSPS) is 18.8. The van der Waals surface area contributed by atoms with Gasteiger partial charge in [0, 0.05) is 19.2 Å². The van der Waals surface area contributed by atoms with Crippen LogP contribution in [0.3, 0.4) is 0 Å². The van der Waals surface area contributed by atoms with Crippen molar-refractivity contribution in [2.45, 2.75) is 38.0 Å². The Morgan fingerprint density at radius 1 is 1.27 bits per heavy atom. The van der Waals surface area contributed by atoms with E-state index in [1.807, 2.05) is 0 Å². The van der Waals surface area contributed by atoms with Gasteiger partial charge >= 0.3 is 11.9 Å². The number of halogens is 2. The smallest absolute Gasteiger partial charge is 0.335 e. The van der Waals surface area contributed by atoms with Gasteiger partial charge in [0.15, 0.2) is 5.58 Å². The molecule has 0 aliphatic carbocycles. The highest BCUT2D eigenvalue weighted by molar-refractivity contribution is 6.09. The summed E-state index contributed by atoms with van der Waals surface area (Å²) in [4.78, 5) is 30.0. The van der Waals surface area contributed by atoms with Gasteiger partial charge in [-0.05, 0) is 48.7 Å². The number of carbonyl (C=O) groups excluding carboxylic acids is 1. The molecule has 0 saturated carbocycles. The molecule has 0 saturated heterocycles. The van der Waals surface area contributed by atoms with Crippen molar-refractivity contribution < 1.29 is 27.9 Å². The molecule has 8 heteroatoms. The molecule has 1 atom stereocenters. The molecule has 2 heterocycles. The van der Waals surface area contributed by atoms with E-state index < -0.39 is 35.5 Å². The average molecular weight is 414 g/mol. The largest absolute Gasteiger partial charge is 0.478 e. The van der Waals surface area contributed by atoms with Crippen molar-refractivity contribution in [2.75, 3.05) is 11.9 Å². The van der Waals surface area contributed by atoms with Gasteiger partial charge < -0.3 is 14.4 Å². The number of amides is 1. The first kappa shape index (κ1) is 20.0. The number of carboxylic acids is 1. The van der Waals surface area contributed by atoms with Crippen LogP contribution in [0.15, 0.2) is 40.8 Å². The Kier molecular flexibility index (Phi) is 4.41. The molecule has 1 aliphatic rings. The number of rotatable bonds is 5. The number of oxazole rings is 1. The Labute approximate surface area is 171 Å². The molecule has 1 unspecified atom stereocenters. The van der Waals surface area contributed by atoms with Crippen molar-refractivity contribution in [1.29, 1.82) is 0 Å². The molecule has 1 aliphatic heterocycles. The number of hydrogen-bond donors (Lipinski definition) is 1. The number of likely N-dealkylation sites (N-methyl/N-ethyl adjacent to an activating group) is 1. The standard InChI is InChI=1S/C22H20F2N2O4/c1-4-12-13(18(27)28)9-10-15-17(12)21(2,20(29)26(15)3)11-22(23,24)19-25-14-7-5-6-8-16(14)30-19/h5-10H,4,11H2,1-3H3,(H,27,28). The highest BCUT2D eigenvalue weighted by atomic mass is 19.3. The van der Waals surface area contributed by atoms with E-state index in [0.717, 1.165) is 0 Å². The molecule has 1 N–H and O–H groups in total. The molecule has 1 amide bonds. The van der Waals surface area contributed by atoms with Crippen molar-refractivity contribution in [3.8, 4) is 0 Å². The summed E-state index contributed by atoms with van der Waals surface area (Å²) in [6, 6.07) is 9.34. The summed E-state index contributed by atoms with van der Waals surface area (Å²) in [7, 11) is 1.50. The van der Waals surface area contributed by atoms with Crippen molar-refractivity contribution in [1.82, 2.24) is 4.98 Å². The van der Waals surface area contributed by atoms with Crippen LogP contribution in [-0.4, -0.2) is 29.0 Å². The molecule has 1 aromatic heterocycles. The average Bonchev–Trinajstić information content (AvgIpc) is 3.22. The predicted molar refractivity (Wildman–Crippen MR) is 106 cm³/mol. The topological polar surface area (TPSA) is 83.6 Å². The van der Waals surface area contributed by atoms with Crippen LogP contribution < -0.4 is 4.90 Å². The van der Waals surface area contributed by atoms with Crippen LogP contribution in [0.25, 0.3) is 11.1 Å². The number of aromatic carboxylic acids is 1. The maximum Gasteiger partial charge on any atom is 0.335 e. The maximum absolute atomic E-state index is 15.3. The molecule has 0 fully saturated rings. The van der Waals surface area contributed by atoms with E-state index in [0.29, 0.717) is 22.3 Å². The van der Waals surface area contributed by atoms with Gasteiger partial charge in [0.2, 0.25) is 5.91 Å². The van der Waals surface area contributed by atoms with Crippen molar-refractivity contribution in [2.24, 2.45) is 0 Å². The lowest BCUT2D eigenvalue weighted by molar-refractivity contribution is -0.128. The summed E-state index contributed by atoms with van der Waals surface area (Å²) >= 11 is 0. The minimum Gasteiger partial charge on any atom is -0.478 e. The third-order valence-electron chi connectivity index (χ3n) is 5.75. The second-order valence-corrected chi connectivity index (χ2v) is 7.71. The summed E-state index contributed by atoms with van der Waals surface area (Å²) in [6.45, 7) is 3.17. The van der Waals surface area contributed by atoms with Crippen LogP contribution in [-0.2, 0) is 22.6 Å². The summed E-state index contributed by atoms with van der Waals surface area (Å²) < 4.78 is 36.0. The van der Waals surface area contributed by atoms with Crippen molar-refractivity contribution in [3.63, 3.8) is 0 Å². The number of hydrogen-bond acceptors (Lipinski definition) is 4. The lowest BCUT2D eigenvalue weighted by atomic mass is 9.75. The molecule has 0 bridgehead atoms. The van der Waals surface area contributed by atoms with Crippen LogP contribution in [0.1, 0.15) is 47.6 Å². The molecule has 0 radical (unpaired) electrons. The predicted octanol–water partition coefficient (Wildman–Crippen LogP) is 4.50. The number of fused-ring (bicyclic) bond motifs is 2. The molecule has 156 valence electrons. The highest BCUT2D eigenvalue weighted by Crippen LogP contribution is 2.51. The zero-order valence-corrected chi connectivity index (χ0v) is 16.7. The SMILES string of the molecule is CCc1c(C(=O)O)ccc2c1C(C)(CC(F)(F)c1nc3ccccc3o1)C(=O)N2C. The van der Waals surface area contributed by atoms with E-state index in [4.69, 9.17) is 4.42 Å². The summed E-state index contributed by atoms with van der Waals surface area (Å²) in [5, 5.41) is 9.55. The van der Waals surface area contributed by atoms with Crippen LogP contribution in [0.4, 0.5) is 14.5 Å². The number of benzene rings is 2. The van der Waals surface area contributed by atoms with E-state index in [9.17, 15) is 14.7 Å². The molecule has 3 aromatic rings. The van der Waals surface area contributed by atoms with Crippen LogP contribution in [0.5, 0.6) is 0 Å². The molecule has 6 nitrogen and oxygen atoms in total. The van der Waals surface area contributed by atoms with Crippen molar-refractivity contribution in [3.05, 3.63) is 59.0 Å². The lowest BCUT2D eigenvalue weighted by Crippen LogP contribution is -2.40. The fraction of sp³-hybridized carbons (Fsp3) is 0.318. The third kappa shape index (κ3) is 2.78. The van der Waals surface area contributed by atoms with E-state index in [1.165, 1.54) is 31.0 Å². The number of alkyl halides is 2. The van der Waals surface area contributed by atoms with E-state index >= 15 is 8.78 Å². The first-order valence-corrected chi connectivity index (χ1v) is 9.52. The lowest BCUT2D eigenvalue weighted by Gasteiger charge is -2.28. The Balaban J connectivity index is 1.85. The highest BCUT2D eigenvalue weighted by Gasteiger charge is 2.55. The summed E-state index contributed by atoms with van der Waals surface area (Å²) in [5.74, 6) is -5.99. The fourth-order valence-corrected chi connectivity index (χ4v) is 4.40. The molecule has 0 spiro atoms. The number of aromatic nitrogens is 1. The molecule has 30 heavy (non-hydrogen) atoms. The van der Waals surface area contributed by atoms with Gasteiger partial charge in [-0.3, -0.25) is 4.79 Å². The summed E-state index contributed by atoms with van der Waals surface area (Å²) in [5.41, 5.74) is 0.0608. The number of para-hydroxylation sites is 2. The van der Waals surface area contributed by atoms with Crippen LogP contribution in [0, 0.1) is 0 Å². The van der Waals surface area contributed by atoms with Gasteiger partial charge in [-0.15, -0.1) is 0 Å². The zero-order valence-electron chi connectivity index (χ0n) is 16.7. The van der Waals surface area contributed by atoms with E-state index in [1.54, 1.807) is 31.2 Å². The Morgan fingerprint density at radius 3 is 2.60 bits per heavy atom.